The molecule has 2 aromatic rings. The molecule has 0 spiro atoms. The van der Waals surface area contributed by atoms with Crippen molar-refractivity contribution in [1.82, 2.24) is 24.9 Å². The van der Waals surface area contributed by atoms with Gasteiger partial charge in [-0.25, -0.2) is 0 Å². The molecule has 114 valence electrons. The molecule has 0 aliphatic heterocycles. The number of aromatic amines is 1. The van der Waals surface area contributed by atoms with Crippen LogP contribution in [0.2, 0.25) is 0 Å². The molecule has 2 heterocycles. The molecule has 2 aromatic heterocycles. The lowest BCUT2D eigenvalue weighted by molar-refractivity contribution is -0.134. The Labute approximate surface area is 125 Å². The largest absolute Gasteiger partial charge is 0.338 e. The van der Waals surface area contributed by atoms with Gasteiger partial charge in [-0.05, 0) is 25.0 Å². The molecule has 1 atom stereocenters. The van der Waals surface area contributed by atoms with Crippen molar-refractivity contribution in [2.45, 2.75) is 45.7 Å². The van der Waals surface area contributed by atoms with Crippen LogP contribution >= 0.6 is 0 Å². The minimum absolute atomic E-state index is 0.0628. The van der Waals surface area contributed by atoms with E-state index in [1.54, 1.807) is 15.8 Å². The van der Waals surface area contributed by atoms with Gasteiger partial charge < -0.3 is 4.90 Å². The summed E-state index contributed by atoms with van der Waals surface area (Å²) in [5.41, 5.74) is 2.01. The highest BCUT2D eigenvalue weighted by Gasteiger charge is 2.22. The summed E-state index contributed by atoms with van der Waals surface area (Å²) in [6, 6.07) is 3.62. The molecule has 1 N–H and O–H groups in total. The lowest BCUT2D eigenvalue weighted by atomic mass is 10.2. The Morgan fingerprint density at radius 1 is 1.48 bits per heavy atom. The first kappa shape index (κ1) is 15.3. The number of nitrogens with zero attached hydrogens (tertiary/aromatic N) is 4. The smallest absolute Gasteiger partial charge is 0.247 e. The molecule has 0 unspecified atom stereocenters. The number of H-pyrrole nitrogens is 1. The standard InChI is InChI=1S/C15H23N5O/c1-4-7-12-10-13(18-17-12)11-19(3)15(21)14(5-2)20-9-6-8-16-20/h6,8-10,14H,4-5,7,11H2,1-3H3,(H,17,18)/t14-/m0/s1. The Morgan fingerprint density at radius 2 is 2.29 bits per heavy atom. The van der Waals surface area contributed by atoms with Crippen LogP contribution in [0.5, 0.6) is 0 Å². The van der Waals surface area contributed by atoms with E-state index in [9.17, 15) is 4.79 Å². The fourth-order valence-electron chi connectivity index (χ4n) is 2.40. The van der Waals surface area contributed by atoms with Crippen molar-refractivity contribution in [2.24, 2.45) is 0 Å². The van der Waals surface area contributed by atoms with Crippen LogP contribution < -0.4 is 0 Å². The zero-order chi connectivity index (χ0) is 15.2. The van der Waals surface area contributed by atoms with Crippen molar-refractivity contribution in [3.63, 3.8) is 0 Å². The zero-order valence-corrected chi connectivity index (χ0v) is 12.9. The maximum absolute atomic E-state index is 12.5. The second-order valence-corrected chi connectivity index (χ2v) is 5.24. The van der Waals surface area contributed by atoms with Crippen LogP contribution in [0.1, 0.15) is 44.1 Å². The predicted molar refractivity (Wildman–Crippen MR) is 80.6 cm³/mol. The number of carbonyl (C=O) groups excluding carboxylic acids is 1. The molecule has 1 amide bonds. The van der Waals surface area contributed by atoms with E-state index < -0.39 is 0 Å². The number of nitrogens with one attached hydrogen (secondary N) is 1. The first-order valence-corrected chi connectivity index (χ1v) is 7.43. The van der Waals surface area contributed by atoms with E-state index in [0.717, 1.165) is 30.7 Å². The van der Waals surface area contributed by atoms with E-state index in [-0.39, 0.29) is 11.9 Å². The molecular weight excluding hydrogens is 266 g/mol. The highest BCUT2D eigenvalue weighted by atomic mass is 16.2. The topological polar surface area (TPSA) is 66.8 Å². The number of hydrogen-bond donors (Lipinski definition) is 1. The number of amides is 1. The van der Waals surface area contributed by atoms with Gasteiger partial charge in [-0.1, -0.05) is 20.3 Å². The van der Waals surface area contributed by atoms with Crippen LogP contribution in [0.25, 0.3) is 0 Å². The van der Waals surface area contributed by atoms with Gasteiger partial charge in [0.05, 0.1) is 17.9 Å². The minimum atomic E-state index is -0.247. The van der Waals surface area contributed by atoms with Crippen LogP contribution in [0.3, 0.4) is 0 Å². The summed E-state index contributed by atoms with van der Waals surface area (Å²) in [4.78, 5) is 14.3. The van der Waals surface area contributed by atoms with E-state index in [1.165, 1.54) is 0 Å². The maximum atomic E-state index is 12.5. The van der Waals surface area contributed by atoms with Gasteiger partial charge in [-0.2, -0.15) is 10.2 Å². The highest BCUT2D eigenvalue weighted by Crippen LogP contribution is 2.14. The maximum Gasteiger partial charge on any atom is 0.247 e. The van der Waals surface area contributed by atoms with E-state index in [1.807, 2.05) is 32.3 Å². The number of rotatable bonds is 7. The Kier molecular flexibility index (Phi) is 5.14. The van der Waals surface area contributed by atoms with Crippen LogP contribution in [0.4, 0.5) is 0 Å². The summed E-state index contributed by atoms with van der Waals surface area (Å²) >= 11 is 0. The summed E-state index contributed by atoms with van der Waals surface area (Å²) in [6.45, 7) is 4.65. The summed E-state index contributed by atoms with van der Waals surface area (Å²) < 4.78 is 1.72. The third-order valence-electron chi connectivity index (χ3n) is 3.49. The lowest BCUT2D eigenvalue weighted by Gasteiger charge is -2.22. The van der Waals surface area contributed by atoms with Gasteiger partial charge in [-0.15, -0.1) is 0 Å². The Hall–Kier alpha value is -2.11. The summed E-state index contributed by atoms with van der Waals surface area (Å²) in [5.74, 6) is 0.0628. The average Bonchev–Trinajstić information content (AvgIpc) is 3.12. The molecule has 0 aliphatic rings. The first-order chi connectivity index (χ1) is 10.2. The predicted octanol–water partition coefficient (Wildman–Crippen LogP) is 2.17. The molecule has 0 aromatic carbocycles. The van der Waals surface area contributed by atoms with Crippen LogP contribution in [-0.4, -0.2) is 37.8 Å². The fraction of sp³-hybridized carbons (Fsp3) is 0.533. The average molecular weight is 289 g/mol. The van der Waals surface area contributed by atoms with E-state index >= 15 is 0 Å². The highest BCUT2D eigenvalue weighted by molar-refractivity contribution is 5.80. The molecule has 0 saturated heterocycles. The van der Waals surface area contributed by atoms with Gasteiger partial charge in [0.1, 0.15) is 6.04 Å². The summed E-state index contributed by atoms with van der Waals surface area (Å²) in [5, 5.41) is 11.4. The molecule has 2 rings (SSSR count). The van der Waals surface area contributed by atoms with Crippen molar-refractivity contribution in [2.75, 3.05) is 7.05 Å². The van der Waals surface area contributed by atoms with Crippen molar-refractivity contribution < 1.29 is 4.79 Å². The normalized spacial score (nSPS) is 12.3. The molecule has 21 heavy (non-hydrogen) atoms. The quantitative estimate of drug-likeness (QED) is 0.849. The van der Waals surface area contributed by atoms with Gasteiger partial charge in [-0.3, -0.25) is 14.6 Å². The fourth-order valence-corrected chi connectivity index (χ4v) is 2.40. The molecular formula is C15H23N5O. The second kappa shape index (κ2) is 7.06. The Bertz CT molecular complexity index is 560. The third-order valence-corrected chi connectivity index (χ3v) is 3.49. The van der Waals surface area contributed by atoms with Gasteiger partial charge in [0.2, 0.25) is 5.91 Å². The minimum Gasteiger partial charge on any atom is -0.338 e. The molecule has 6 nitrogen and oxygen atoms in total. The monoisotopic (exact) mass is 289 g/mol. The van der Waals surface area contributed by atoms with Crippen LogP contribution in [0, 0.1) is 0 Å². The van der Waals surface area contributed by atoms with Crippen molar-refractivity contribution in [3.8, 4) is 0 Å². The summed E-state index contributed by atoms with van der Waals surface area (Å²) in [6.07, 6.45) is 6.27. The molecule has 0 aliphatic carbocycles. The summed E-state index contributed by atoms with van der Waals surface area (Å²) in [7, 11) is 1.81. The zero-order valence-electron chi connectivity index (χ0n) is 12.9. The SMILES string of the molecule is CCCc1cc(CN(C)C(=O)[C@H](CC)n2cccn2)[nH]n1. The molecule has 0 saturated carbocycles. The van der Waals surface area contributed by atoms with Gasteiger partial charge >= 0.3 is 0 Å². The molecule has 0 radical (unpaired) electrons. The van der Waals surface area contributed by atoms with Gasteiger partial charge in [0, 0.05) is 19.4 Å². The second-order valence-electron chi connectivity index (χ2n) is 5.24. The van der Waals surface area contributed by atoms with Crippen LogP contribution in [-0.2, 0) is 17.8 Å². The Balaban J connectivity index is 2.01. The van der Waals surface area contributed by atoms with E-state index in [0.29, 0.717) is 6.54 Å². The number of aryl methyl sites for hydroxylation is 1. The molecule has 0 fully saturated rings. The van der Waals surface area contributed by atoms with Crippen molar-refractivity contribution in [3.05, 3.63) is 35.9 Å². The number of hydrogen-bond acceptors (Lipinski definition) is 3. The lowest BCUT2D eigenvalue weighted by Crippen LogP contribution is -2.34. The first-order valence-electron chi connectivity index (χ1n) is 7.43. The molecule has 0 bridgehead atoms. The third kappa shape index (κ3) is 3.71. The molecule has 6 heteroatoms. The number of likely N-dealkylation sites (N-methyl/N-ethyl adjacent to an activating group) is 1. The Morgan fingerprint density at radius 3 is 2.90 bits per heavy atom. The number of carbonyl (C=O) groups is 1. The van der Waals surface area contributed by atoms with E-state index in [2.05, 4.69) is 22.2 Å². The van der Waals surface area contributed by atoms with Crippen molar-refractivity contribution in [1.29, 1.82) is 0 Å². The van der Waals surface area contributed by atoms with Gasteiger partial charge in [0.15, 0.2) is 0 Å². The number of aromatic nitrogens is 4. The van der Waals surface area contributed by atoms with Crippen molar-refractivity contribution >= 4 is 5.91 Å². The van der Waals surface area contributed by atoms with Gasteiger partial charge in [0.25, 0.3) is 0 Å². The van der Waals surface area contributed by atoms with E-state index in [4.69, 9.17) is 0 Å². The van der Waals surface area contributed by atoms with Crippen LogP contribution in [0.15, 0.2) is 24.5 Å².